The van der Waals surface area contributed by atoms with Crippen molar-refractivity contribution in [2.24, 2.45) is 0 Å². The van der Waals surface area contributed by atoms with E-state index in [0.717, 1.165) is 5.69 Å². The number of para-hydroxylation sites is 1. The first-order valence-corrected chi connectivity index (χ1v) is 13.4. The van der Waals surface area contributed by atoms with Crippen molar-refractivity contribution in [1.29, 1.82) is 0 Å². The lowest BCUT2D eigenvalue weighted by Crippen LogP contribution is -2.08. The fourth-order valence-corrected chi connectivity index (χ4v) is 10.3. The van der Waals surface area contributed by atoms with Crippen molar-refractivity contribution in [2.45, 2.75) is 13.8 Å². The van der Waals surface area contributed by atoms with Crippen molar-refractivity contribution < 1.29 is 23.5 Å². The lowest BCUT2D eigenvalue weighted by atomic mass is 10.3. The van der Waals surface area contributed by atoms with Crippen LogP contribution in [0.5, 0.6) is 6.01 Å². The van der Waals surface area contributed by atoms with Crippen molar-refractivity contribution in [2.75, 3.05) is 11.5 Å². The third-order valence-electron chi connectivity index (χ3n) is 2.89. The summed E-state index contributed by atoms with van der Waals surface area (Å²) in [6.45, 7) is -4.08. The van der Waals surface area contributed by atoms with Gasteiger partial charge in [0.25, 0.3) is 0 Å². The molecule has 0 amide bonds. The molecule has 3 N–H and O–H groups in total. The van der Waals surface area contributed by atoms with E-state index in [4.69, 9.17) is 8.83 Å². The van der Waals surface area contributed by atoms with Crippen molar-refractivity contribution in [3.8, 4) is 11.7 Å². The molecule has 0 aliphatic carbocycles. The van der Waals surface area contributed by atoms with Gasteiger partial charge in [-0.2, -0.15) is 4.98 Å². The van der Waals surface area contributed by atoms with Crippen LogP contribution in [-0.2, 0) is 26.2 Å². The molecule has 1 heterocycles. The summed E-state index contributed by atoms with van der Waals surface area (Å²) in [7, 11) is -0.750. The van der Waals surface area contributed by atoms with Crippen LogP contribution in [0.2, 0.25) is 0 Å². The number of hydrogen-bond donors (Lipinski definition) is 3. The second kappa shape index (κ2) is 8.21. The summed E-state index contributed by atoms with van der Waals surface area (Å²) in [6, 6.07) is 9.13. The van der Waals surface area contributed by atoms with Crippen LogP contribution in [0.15, 0.2) is 36.7 Å². The molecular formula is C12H19N3O5P2S2. The van der Waals surface area contributed by atoms with E-state index in [9.17, 15) is 14.7 Å². The Bertz CT molecular complexity index is 787. The molecule has 0 aliphatic rings. The normalized spacial score (nSPS) is 14.6. The highest BCUT2D eigenvalue weighted by Crippen LogP contribution is 2.60. The summed E-state index contributed by atoms with van der Waals surface area (Å²) in [5.41, 5.74) is 0.766. The van der Waals surface area contributed by atoms with Crippen LogP contribution in [0.3, 0.4) is 0 Å². The molecule has 134 valence electrons. The van der Waals surface area contributed by atoms with Crippen LogP contribution in [-0.4, -0.2) is 41.0 Å². The van der Waals surface area contributed by atoms with Crippen LogP contribution < -0.4 is 4.52 Å². The fraction of sp³-hybridized carbons (Fsp3) is 0.333. The minimum atomic E-state index is -4.10. The summed E-state index contributed by atoms with van der Waals surface area (Å²) in [6.07, 6.45) is 1.43. The third-order valence-corrected chi connectivity index (χ3v) is 11.9. The highest BCUT2D eigenvalue weighted by Gasteiger charge is 2.31. The van der Waals surface area contributed by atoms with Crippen molar-refractivity contribution in [1.82, 2.24) is 14.8 Å². The smallest absolute Gasteiger partial charge is 0.344 e. The maximum absolute atomic E-state index is 10.8. The van der Waals surface area contributed by atoms with Crippen molar-refractivity contribution >= 4 is 35.3 Å². The van der Waals surface area contributed by atoms with Crippen LogP contribution in [0, 0.1) is 0 Å². The van der Waals surface area contributed by atoms with Gasteiger partial charge in [-0.05, 0) is 35.4 Å². The molecular weight excluding hydrogens is 392 g/mol. The number of rotatable bonds is 7. The molecule has 0 fully saturated rings. The summed E-state index contributed by atoms with van der Waals surface area (Å²) in [5.74, 6) is 1.07. The molecule has 0 radical (unpaired) electrons. The van der Waals surface area contributed by atoms with Crippen molar-refractivity contribution in [3.63, 3.8) is 0 Å². The molecule has 12 heteroatoms. The van der Waals surface area contributed by atoms with E-state index in [1.165, 1.54) is 11.0 Å². The summed E-state index contributed by atoms with van der Waals surface area (Å²) in [5, 5.41) is 4.14. The van der Waals surface area contributed by atoms with Gasteiger partial charge in [-0.3, -0.25) is 0 Å². The van der Waals surface area contributed by atoms with Gasteiger partial charge >= 0.3 is 19.4 Å². The molecule has 1 atom stereocenters. The number of hydrogen-bond acceptors (Lipinski definition) is 5. The zero-order valence-corrected chi connectivity index (χ0v) is 16.5. The van der Waals surface area contributed by atoms with Gasteiger partial charge in [0.2, 0.25) is 0 Å². The average molecular weight is 411 g/mol. The second-order valence-electron chi connectivity index (χ2n) is 4.48. The van der Waals surface area contributed by atoms with Gasteiger partial charge in [0, 0.05) is 0 Å². The van der Waals surface area contributed by atoms with E-state index in [1.54, 1.807) is 0 Å². The standard InChI is InChI=1S/C12H19N3O5P2S2/c1-3-24(4-2)22(18,20-21(16,17)23)19-12-13-10-15(14-12)11-8-6-5-7-9-11/h5-10,18H,3-4H2,1-2H3,(H2,16,17,23). The zero-order valence-electron chi connectivity index (χ0n) is 13.1. The molecule has 0 bridgehead atoms. The van der Waals surface area contributed by atoms with Crippen LogP contribution in [0.4, 0.5) is 0 Å². The first-order chi connectivity index (χ1) is 11.3. The quantitative estimate of drug-likeness (QED) is 0.595. The Morgan fingerprint density at radius 3 is 2.33 bits per heavy atom. The predicted molar refractivity (Wildman–Crippen MR) is 99.4 cm³/mol. The minimum absolute atomic E-state index is 0.113. The number of aromatic nitrogens is 3. The SMILES string of the molecule is CCS(CC)=P(O)(Oc1ncn(-c2ccccc2)n1)OP(O)(O)=S. The maximum Gasteiger partial charge on any atom is 0.344 e. The molecule has 0 aliphatic heterocycles. The average Bonchev–Trinajstić information content (AvgIpc) is 2.95. The Morgan fingerprint density at radius 2 is 1.79 bits per heavy atom. The molecule has 1 aromatic carbocycles. The highest BCUT2D eigenvalue weighted by molar-refractivity contribution is 8.29. The Labute approximate surface area is 147 Å². The van der Waals surface area contributed by atoms with Gasteiger partial charge < -0.3 is 19.2 Å². The maximum atomic E-state index is 10.8. The predicted octanol–water partition coefficient (Wildman–Crippen LogP) is 2.20. The van der Waals surface area contributed by atoms with E-state index in [0.29, 0.717) is 11.5 Å². The second-order valence-corrected chi connectivity index (χ2v) is 13.7. The molecule has 8 nitrogen and oxygen atoms in total. The van der Waals surface area contributed by atoms with Gasteiger partial charge in [0.1, 0.15) is 6.33 Å². The monoisotopic (exact) mass is 411 g/mol. The molecule has 0 spiro atoms. The largest absolute Gasteiger partial charge is 0.392 e. The molecule has 2 aromatic rings. The lowest BCUT2D eigenvalue weighted by molar-refractivity contribution is 0.317. The van der Waals surface area contributed by atoms with Gasteiger partial charge in [-0.15, -0.1) is 15.2 Å². The first-order valence-electron chi connectivity index (χ1n) is 7.01. The molecule has 0 saturated carbocycles. The fourth-order valence-electron chi connectivity index (χ4n) is 1.88. The van der Waals surface area contributed by atoms with Crippen LogP contribution in [0.1, 0.15) is 13.8 Å². The Balaban J connectivity index is 2.36. The van der Waals surface area contributed by atoms with E-state index >= 15 is 0 Å². The van der Waals surface area contributed by atoms with Crippen LogP contribution in [0.25, 0.3) is 5.69 Å². The Kier molecular flexibility index (Phi) is 6.75. The number of benzene rings is 1. The molecule has 24 heavy (non-hydrogen) atoms. The van der Waals surface area contributed by atoms with Gasteiger partial charge in [-0.25, -0.2) is 8.99 Å². The van der Waals surface area contributed by atoms with Gasteiger partial charge in [-0.1, -0.05) is 32.0 Å². The lowest BCUT2D eigenvalue weighted by Gasteiger charge is -2.24. The molecule has 0 saturated heterocycles. The summed E-state index contributed by atoms with van der Waals surface area (Å²) >= 11 is 4.49. The van der Waals surface area contributed by atoms with Gasteiger partial charge in [0.15, 0.2) is 0 Å². The summed E-state index contributed by atoms with van der Waals surface area (Å²) in [4.78, 5) is 33.7. The van der Waals surface area contributed by atoms with Crippen molar-refractivity contribution in [3.05, 3.63) is 36.7 Å². The van der Waals surface area contributed by atoms with E-state index < -0.39 is 23.5 Å². The first kappa shape index (κ1) is 19.8. The van der Waals surface area contributed by atoms with E-state index in [1.807, 2.05) is 44.2 Å². The molecule has 1 unspecified atom stereocenters. The Morgan fingerprint density at radius 1 is 1.17 bits per heavy atom. The topological polar surface area (TPSA) is 110 Å². The molecule has 2 rings (SSSR count). The summed E-state index contributed by atoms with van der Waals surface area (Å²) < 4.78 is 11.9. The minimum Gasteiger partial charge on any atom is -0.392 e. The molecule has 1 aromatic heterocycles. The Hall–Kier alpha value is -0.570. The number of nitrogens with zero attached hydrogens (tertiary/aromatic N) is 3. The third kappa shape index (κ3) is 5.21. The van der Waals surface area contributed by atoms with Gasteiger partial charge in [0.05, 0.1) is 5.69 Å². The van der Waals surface area contributed by atoms with E-state index in [-0.39, 0.29) is 6.01 Å². The van der Waals surface area contributed by atoms with E-state index in [2.05, 4.69) is 21.9 Å². The zero-order chi connectivity index (χ0) is 17.8. The highest BCUT2D eigenvalue weighted by atomic mass is 32.5. The van der Waals surface area contributed by atoms with Crippen LogP contribution >= 0.6 is 13.4 Å².